The summed E-state index contributed by atoms with van der Waals surface area (Å²) in [6.45, 7) is 0. The Morgan fingerprint density at radius 1 is 1.33 bits per heavy atom. The Labute approximate surface area is 90.9 Å². The van der Waals surface area contributed by atoms with Crippen molar-refractivity contribution in [3.05, 3.63) is 29.8 Å². The molecule has 80 valence electrons. The minimum Gasteiger partial charge on any atom is -0.298 e. The van der Waals surface area contributed by atoms with E-state index in [0.29, 0.717) is 6.42 Å². The molecule has 0 N–H and O–H groups in total. The maximum Gasteiger partial charge on any atom is 0.146 e. The van der Waals surface area contributed by atoms with E-state index < -0.39 is 11.6 Å². The van der Waals surface area contributed by atoms with E-state index in [4.69, 9.17) is 0 Å². The molecule has 0 aliphatic heterocycles. The maximum absolute atomic E-state index is 13.3. The first kappa shape index (κ1) is 10.6. The molecule has 2 rings (SSSR count). The third-order valence-electron chi connectivity index (χ3n) is 2.41. The number of halogens is 2. The number of ketones is 1. The van der Waals surface area contributed by atoms with E-state index in [-0.39, 0.29) is 15.9 Å². The molecule has 1 aromatic rings. The Kier molecular flexibility index (Phi) is 3.05. The molecule has 0 saturated heterocycles. The number of Topliss-reactive ketones (excluding diaryl/α,β-unsaturated/α-hetero) is 1. The summed E-state index contributed by atoms with van der Waals surface area (Å²) < 4.78 is 26.1. The van der Waals surface area contributed by atoms with Crippen LogP contribution in [0.4, 0.5) is 8.78 Å². The summed E-state index contributed by atoms with van der Waals surface area (Å²) in [7, 11) is 0. The fourth-order valence-corrected chi connectivity index (χ4v) is 2.83. The normalized spacial score (nSPS) is 20.9. The molecule has 0 bridgehead atoms. The predicted molar refractivity (Wildman–Crippen MR) is 54.9 cm³/mol. The number of hydrogen-bond acceptors (Lipinski definition) is 2. The van der Waals surface area contributed by atoms with Crippen molar-refractivity contribution in [2.45, 2.75) is 29.4 Å². The topological polar surface area (TPSA) is 17.1 Å². The van der Waals surface area contributed by atoms with Gasteiger partial charge in [-0.1, -0.05) is 0 Å². The van der Waals surface area contributed by atoms with Crippen LogP contribution >= 0.6 is 11.8 Å². The van der Waals surface area contributed by atoms with Crippen LogP contribution in [-0.2, 0) is 4.79 Å². The summed E-state index contributed by atoms with van der Waals surface area (Å²) in [6.07, 6.45) is 2.18. The Hall–Kier alpha value is -0.900. The molecule has 4 heteroatoms. The van der Waals surface area contributed by atoms with Gasteiger partial charge in [-0.2, -0.15) is 0 Å². The fraction of sp³-hybridized carbons (Fsp3) is 0.364. The summed E-state index contributed by atoms with van der Waals surface area (Å²) in [5, 5.41) is -0.193. The van der Waals surface area contributed by atoms with Crippen LogP contribution in [0.1, 0.15) is 19.3 Å². The van der Waals surface area contributed by atoms with Crippen LogP contribution in [0.5, 0.6) is 0 Å². The monoisotopic (exact) mass is 228 g/mol. The molecule has 1 unspecified atom stereocenters. The van der Waals surface area contributed by atoms with Crippen LogP contribution in [0.2, 0.25) is 0 Å². The lowest BCUT2D eigenvalue weighted by atomic mass is 10.3. The molecule has 1 aromatic carbocycles. The highest BCUT2D eigenvalue weighted by atomic mass is 32.2. The fourth-order valence-electron chi connectivity index (χ4n) is 1.63. The van der Waals surface area contributed by atoms with Crippen molar-refractivity contribution >= 4 is 17.5 Å². The summed E-state index contributed by atoms with van der Waals surface area (Å²) in [4.78, 5) is 11.6. The second-order valence-electron chi connectivity index (χ2n) is 3.54. The summed E-state index contributed by atoms with van der Waals surface area (Å²) in [6, 6.07) is 3.32. The predicted octanol–water partition coefficient (Wildman–Crippen LogP) is 3.18. The molecule has 15 heavy (non-hydrogen) atoms. The Morgan fingerprint density at radius 2 is 2.13 bits per heavy atom. The van der Waals surface area contributed by atoms with E-state index in [1.807, 2.05) is 0 Å². The molecule has 0 radical (unpaired) electrons. The van der Waals surface area contributed by atoms with Gasteiger partial charge in [0.2, 0.25) is 0 Å². The van der Waals surface area contributed by atoms with Crippen LogP contribution in [0.25, 0.3) is 0 Å². The van der Waals surface area contributed by atoms with Gasteiger partial charge >= 0.3 is 0 Å². The van der Waals surface area contributed by atoms with Gasteiger partial charge in [-0.05, 0) is 31.0 Å². The molecule has 1 saturated carbocycles. The average Bonchev–Trinajstić information content (AvgIpc) is 2.58. The number of rotatable bonds is 2. The summed E-state index contributed by atoms with van der Waals surface area (Å²) in [5.41, 5.74) is 0. The standard InChI is InChI=1S/C11H10F2OS/c12-7-4-5-8(13)11(6-7)15-10-3-1-2-9(10)14/h4-6,10H,1-3H2. The first-order chi connectivity index (χ1) is 7.16. The smallest absolute Gasteiger partial charge is 0.146 e. The van der Waals surface area contributed by atoms with Gasteiger partial charge in [0, 0.05) is 11.3 Å². The van der Waals surface area contributed by atoms with E-state index in [0.717, 1.165) is 42.8 Å². The van der Waals surface area contributed by atoms with Gasteiger partial charge in [0.1, 0.15) is 17.4 Å². The molecular formula is C11H10F2OS. The zero-order valence-corrected chi connectivity index (χ0v) is 8.82. The van der Waals surface area contributed by atoms with Crippen LogP contribution in [0, 0.1) is 11.6 Å². The van der Waals surface area contributed by atoms with Crippen molar-refractivity contribution in [3.63, 3.8) is 0 Å². The molecule has 1 aliphatic rings. The first-order valence-electron chi connectivity index (χ1n) is 4.81. The average molecular weight is 228 g/mol. The van der Waals surface area contributed by atoms with E-state index in [1.165, 1.54) is 0 Å². The summed E-state index contributed by atoms with van der Waals surface area (Å²) in [5.74, 6) is -0.783. The maximum atomic E-state index is 13.3. The van der Waals surface area contributed by atoms with Crippen LogP contribution in [0.15, 0.2) is 23.1 Å². The highest BCUT2D eigenvalue weighted by Gasteiger charge is 2.26. The van der Waals surface area contributed by atoms with Gasteiger partial charge in [-0.15, -0.1) is 11.8 Å². The number of carbonyl (C=O) groups excluding carboxylic acids is 1. The van der Waals surface area contributed by atoms with Gasteiger partial charge in [0.05, 0.1) is 5.25 Å². The third-order valence-corrected chi connectivity index (χ3v) is 3.76. The minimum atomic E-state index is -0.468. The highest BCUT2D eigenvalue weighted by molar-refractivity contribution is 8.00. The minimum absolute atomic E-state index is 0.142. The highest BCUT2D eigenvalue weighted by Crippen LogP contribution is 2.34. The number of hydrogen-bond donors (Lipinski definition) is 0. The van der Waals surface area contributed by atoms with Gasteiger partial charge in [-0.25, -0.2) is 8.78 Å². The second kappa shape index (κ2) is 4.31. The van der Waals surface area contributed by atoms with Crippen molar-refractivity contribution in [2.24, 2.45) is 0 Å². The van der Waals surface area contributed by atoms with Crippen LogP contribution in [0.3, 0.4) is 0 Å². The quantitative estimate of drug-likeness (QED) is 0.773. The lowest BCUT2D eigenvalue weighted by molar-refractivity contribution is -0.116. The molecule has 0 aromatic heterocycles. The Morgan fingerprint density at radius 3 is 2.80 bits per heavy atom. The van der Waals surface area contributed by atoms with Crippen molar-refractivity contribution in [2.75, 3.05) is 0 Å². The number of benzene rings is 1. The molecule has 0 amide bonds. The molecule has 0 spiro atoms. The largest absolute Gasteiger partial charge is 0.298 e. The molecule has 1 fully saturated rings. The molecular weight excluding hydrogens is 218 g/mol. The number of carbonyl (C=O) groups is 1. The molecule has 1 aliphatic carbocycles. The Balaban J connectivity index is 2.16. The molecule has 1 atom stereocenters. The van der Waals surface area contributed by atoms with E-state index in [2.05, 4.69) is 0 Å². The van der Waals surface area contributed by atoms with Gasteiger partial charge in [0.25, 0.3) is 0 Å². The van der Waals surface area contributed by atoms with Crippen molar-refractivity contribution in [1.82, 2.24) is 0 Å². The molecule has 0 heterocycles. The third kappa shape index (κ3) is 2.37. The van der Waals surface area contributed by atoms with Gasteiger partial charge in [0.15, 0.2) is 0 Å². The SMILES string of the molecule is O=C1CCCC1Sc1cc(F)ccc1F. The van der Waals surface area contributed by atoms with Crippen LogP contribution in [-0.4, -0.2) is 11.0 Å². The van der Waals surface area contributed by atoms with Crippen molar-refractivity contribution in [1.29, 1.82) is 0 Å². The van der Waals surface area contributed by atoms with Crippen molar-refractivity contribution in [3.8, 4) is 0 Å². The van der Waals surface area contributed by atoms with Crippen LogP contribution < -0.4 is 0 Å². The Bertz CT molecular complexity index is 392. The lowest BCUT2D eigenvalue weighted by Crippen LogP contribution is -2.08. The van der Waals surface area contributed by atoms with Crippen molar-refractivity contribution < 1.29 is 13.6 Å². The summed E-state index contributed by atoms with van der Waals surface area (Å²) >= 11 is 1.14. The first-order valence-corrected chi connectivity index (χ1v) is 5.69. The van der Waals surface area contributed by atoms with E-state index in [1.54, 1.807) is 0 Å². The van der Waals surface area contributed by atoms with E-state index in [9.17, 15) is 13.6 Å². The van der Waals surface area contributed by atoms with E-state index >= 15 is 0 Å². The zero-order chi connectivity index (χ0) is 10.8. The van der Waals surface area contributed by atoms with Gasteiger partial charge in [-0.3, -0.25) is 4.79 Å². The number of thioether (sulfide) groups is 1. The van der Waals surface area contributed by atoms with Gasteiger partial charge < -0.3 is 0 Å². The zero-order valence-electron chi connectivity index (χ0n) is 8.00. The lowest BCUT2D eigenvalue weighted by Gasteiger charge is -2.08. The second-order valence-corrected chi connectivity index (χ2v) is 4.78. The molecule has 1 nitrogen and oxygen atoms in total.